The van der Waals surface area contributed by atoms with E-state index in [2.05, 4.69) is 18.0 Å². The zero-order valence-corrected chi connectivity index (χ0v) is 17.5. The minimum absolute atomic E-state index is 0.211. The van der Waals surface area contributed by atoms with E-state index < -0.39 is 5.60 Å². The maximum Gasteiger partial charge on any atom is 0.132 e. The number of ether oxygens (including phenoxy) is 3. The second kappa shape index (κ2) is 8.99. The fraction of sp³-hybridized carbons (Fsp3) is 0.391. The lowest BCUT2D eigenvalue weighted by Gasteiger charge is -2.44. The zero-order valence-electron chi connectivity index (χ0n) is 16.7. The van der Waals surface area contributed by atoms with Crippen LogP contribution in [0.4, 0.5) is 5.69 Å². The summed E-state index contributed by atoms with van der Waals surface area (Å²) in [7, 11) is 0. The Morgan fingerprint density at radius 2 is 2.04 bits per heavy atom. The monoisotopic (exact) mass is 401 g/mol. The lowest BCUT2D eigenvalue weighted by Crippen LogP contribution is -2.51. The van der Waals surface area contributed by atoms with Crippen molar-refractivity contribution in [3.63, 3.8) is 0 Å². The minimum Gasteiger partial charge on any atom is -0.485 e. The van der Waals surface area contributed by atoms with Gasteiger partial charge in [0.1, 0.15) is 23.6 Å². The molecule has 0 saturated carbocycles. The molecule has 2 unspecified atom stereocenters. The predicted octanol–water partition coefficient (Wildman–Crippen LogP) is 5.77. The first-order chi connectivity index (χ1) is 13.4. The first-order valence-corrected chi connectivity index (χ1v) is 9.97. The number of hydrogen-bond acceptors (Lipinski definition) is 4. The van der Waals surface area contributed by atoms with E-state index in [0.29, 0.717) is 19.8 Å². The molecule has 0 aliphatic carbocycles. The van der Waals surface area contributed by atoms with Gasteiger partial charge in [0.05, 0.1) is 6.61 Å². The number of halogens is 1. The van der Waals surface area contributed by atoms with Gasteiger partial charge >= 0.3 is 0 Å². The van der Waals surface area contributed by atoms with E-state index in [1.165, 1.54) is 0 Å². The average molecular weight is 402 g/mol. The van der Waals surface area contributed by atoms with E-state index in [9.17, 15) is 0 Å². The fourth-order valence-corrected chi connectivity index (χ4v) is 3.72. The summed E-state index contributed by atoms with van der Waals surface area (Å²) in [4.78, 5) is 0. The van der Waals surface area contributed by atoms with Crippen LogP contribution in [-0.2, 0) is 16.0 Å². The van der Waals surface area contributed by atoms with Gasteiger partial charge in [0.25, 0.3) is 0 Å². The Bertz CT molecular complexity index is 821. The molecule has 1 N–H and O–H groups in total. The van der Waals surface area contributed by atoms with Crippen LogP contribution in [0.15, 0.2) is 55.1 Å². The van der Waals surface area contributed by atoms with Crippen LogP contribution in [0.5, 0.6) is 5.75 Å². The lowest BCUT2D eigenvalue weighted by molar-refractivity contribution is -0.155. The molecule has 1 aliphatic heterocycles. The van der Waals surface area contributed by atoms with E-state index in [1.54, 1.807) is 6.08 Å². The maximum absolute atomic E-state index is 6.25. The molecule has 0 aromatic heterocycles. The third-order valence-corrected chi connectivity index (χ3v) is 5.01. The topological polar surface area (TPSA) is 39.7 Å². The highest BCUT2D eigenvalue weighted by Gasteiger charge is 2.45. The minimum atomic E-state index is -0.508. The third-order valence-electron chi connectivity index (χ3n) is 4.78. The molecule has 0 fully saturated rings. The van der Waals surface area contributed by atoms with E-state index in [0.717, 1.165) is 27.6 Å². The molecule has 0 bridgehead atoms. The van der Waals surface area contributed by atoms with Gasteiger partial charge in [-0.1, -0.05) is 29.8 Å². The average Bonchev–Trinajstić information content (AvgIpc) is 2.66. The summed E-state index contributed by atoms with van der Waals surface area (Å²) >= 11 is 6.08. The molecular formula is C23H28ClNO3. The van der Waals surface area contributed by atoms with Gasteiger partial charge in [-0.05, 0) is 56.7 Å². The van der Waals surface area contributed by atoms with Crippen molar-refractivity contribution in [2.75, 3.05) is 18.5 Å². The summed E-state index contributed by atoms with van der Waals surface area (Å²) < 4.78 is 18.4. The Morgan fingerprint density at radius 1 is 1.21 bits per heavy atom. The Labute approximate surface area is 172 Å². The van der Waals surface area contributed by atoms with Crippen LogP contribution in [0.1, 0.15) is 38.0 Å². The van der Waals surface area contributed by atoms with Crippen LogP contribution < -0.4 is 10.1 Å². The van der Waals surface area contributed by atoms with Crippen LogP contribution in [0.3, 0.4) is 0 Å². The van der Waals surface area contributed by atoms with Gasteiger partial charge < -0.3 is 19.5 Å². The van der Waals surface area contributed by atoms with Gasteiger partial charge in [-0.15, -0.1) is 6.58 Å². The number of anilines is 1. The first-order valence-electron chi connectivity index (χ1n) is 9.60. The summed E-state index contributed by atoms with van der Waals surface area (Å²) in [6, 6.07) is 13.9. The van der Waals surface area contributed by atoms with Crippen molar-refractivity contribution in [3.05, 3.63) is 71.3 Å². The summed E-state index contributed by atoms with van der Waals surface area (Å²) in [5.41, 5.74) is 2.60. The Morgan fingerprint density at radius 3 is 2.75 bits per heavy atom. The maximum atomic E-state index is 6.25. The third kappa shape index (κ3) is 4.69. The first kappa shape index (κ1) is 20.7. The van der Waals surface area contributed by atoms with Crippen molar-refractivity contribution in [3.8, 4) is 5.75 Å². The van der Waals surface area contributed by atoms with Crippen molar-refractivity contribution in [2.24, 2.45) is 0 Å². The van der Waals surface area contributed by atoms with Crippen molar-refractivity contribution < 1.29 is 14.2 Å². The molecule has 150 valence electrons. The predicted molar refractivity (Wildman–Crippen MR) is 114 cm³/mol. The van der Waals surface area contributed by atoms with Gasteiger partial charge in [-0.25, -0.2) is 0 Å². The van der Waals surface area contributed by atoms with E-state index in [-0.39, 0.29) is 12.2 Å². The SMILES string of the molecule is C=CCOC1C(OCC)c2cc(NCc3cccc(Cl)c3)ccc2OC1(C)C. The Balaban J connectivity index is 1.85. The molecule has 3 rings (SSSR count). The number of benzene rings is 2. The quantitative estimate of drug-likeness (QED) is 0.570. The van der Waals surface area contributed by atoms with E-state index in [1.807, 2.05) is 57.2 Å². The van der Waals surface area contributed by atoms with Crippen LogP contribution >= 0.6 is 11.6 Å². The standard InChI is InChI=1S/C23H28ClNO3/c1-5-12-27-22-21(26-6-2)19-14-18(10-11-20(19)28-23(22,3)4)25-15-16-8-7-9-17(24)13-16/h5,7-11,13-14,21-22,25H,1,6,12,15H2,2-4H3. The molecule has 5 heteroatoms. The molecular weight excluding hydrogens is 374 g/mol. The normalized spacial score (nSPS) is 20.1. The van der Waals surface area contributed by atoms with Crippen LogP contribution in [-0.4, -0.2) is 24.9 Å². The molecule has 2 atom stereocenters. The molecule has 1 heterocycles. The molecule has 0 spiro atoms. The smallest absolute Gasteiger partial charge is 0.132 e. The molecule has 0 radical (unpaired) electrons. The summed E-state index contributed by atoms with van der Waals surface area (Å²) in [5.74, 6) is 0.829. The van der Waals surface area contributed by atoms with Crippen molar-refractivity contribution >= 4 is 17.3 Å². The van der Waals surface area contributed by atoms with Crippen molar-refractivity contribution in [1.29, 1.82) is 0 Å². The summed E-state index contributed by atoms with van der Waals surface area (Å²) in [5, 5.41) is 4.19. The fourth-order valence-electron chi connectivity index (χ4n) is 3.51. The molecule has 2 aromatic carbocycles. The second-order valence-electron chi connectivity index (χ2n) is 7.36. The highest BCUT2D eigenvalue weighted by atomic mass is 35.5. The van der Waals surface area contributed by atoms with Gasteiger partial charge in [0.15, 0.2) is 0 Å². The van der Waals surface area contributed by atoms with Crippen LogP contribution in [0.25, 0.3) is 0 Å². The largest absolute Gasteiger partial charge is 0.485 e. The highest BCUT2D eigenvalue weighted by Crippen LogP contribution is 2.44. The van der Waals surface area contributed by atoms with Gasteiger partial charge in [0, 0.05) is 29.4 Å². The Hall–Kier alpha value is -2.01. The van der Waals surface area contributed by atoms with Crippen LogP contribution in [0.2, 0.25) is 5.02 Å². The van der Waals surface area contributed by atoms with Gasteiger partial charge in [0.2, 0.25) is 0 Å². The Kier molecular flexibility index (Phi) is 6.65. The molecule has 1 aliphatic rings. The number of fused-ring (bicyclic) bond motifs is 1. The van der Waals surface area contributed by atoms with E-state index >= 15 is 0 Å². The lowest BCUT2D eigenvalue weighted by atomic mass is 9.88. The summed E-state index contributed by atoms with van der Waals surface area (Å²) in [6.45, 7) is 11.5. The molecule has 2 aromatic rings. The molecule has 4 nitrogen and oxygen atoms in total. The van der Waals surface area contributed by atoms with Crippen molar-refractivity contribution in [1.82, 2.24) is 0 Å². The van der Waals surface area contributed by atoms with Gasteiger partial charge in [-0.2, -0.15) is 0 Å². The number of hydrogen-bond donors (Lipinski definition) is 1. The van der Waals surface area contributed by atoms with Gasteiger partial charge in [-0.3, -0.25) is 0 Å². The van der Waals surface area contributed by atoms with Crippen molar-refractivity contribution in [2.45, 2.75) is 45.1 Å². The van der Waals surface area contributed by atoms with E-state index in [4.69, 9.17) is 25.8 Å². The molecule has 0 amide bonds. The number of rotatable bonds is 8. The highest BCUT2D eigenvalue weighted by molar-refractivity contribution is 6.30. The second-order valence-corrected chi connectivity index (χ2v) is 7.80. The zero-order chi connectivity index (χ0) is 20.1. The summed E-state index contributed by atoms with van der Waals surface area (Å²) in [6.07, 6.45) is 1.30. The number of nitrogens with one attached hydrogen (secondary N) is 1. The van der Waals surface area contributed by atoms with Crippen LogP contribution in [0, 0.1) is 0 Å². The molecule has 28 heavy (non-hydrogen) atoms. The molecule has 0 saturated heterocycles.